The van der Waals surface area contributed by atoms with Gasteiger partial charge in [0.25, 0.3) is 0 Å². The van der Waals surface area contributed by atoms with E-state index in [-0.39, 0.29) is 0 Å². The van der Waals surface area contributed by atoms with Crippen LogP contribution in [-0.2, 0) is 6.61 Å². The lowest BCUT2D eigenvalue weighted by Gasteiger charge is -2.06. The van der Waals surface area contributed by atoms with Crippen LogP contribution in [0.1, 0.15) is 5.56 Å². The Morgan fingerprint density at radius 3 is 2.72 bits per heavy atom. The van der Waals surface area contributed by atoms with Crippen molar-refractivity contribution in [2.75, 3.05) is 0 Å². The molecule has 0 atom stereocenters. The van der Waals surface area contributed by atoms with Crippen LogP contribution in [0.5, 0.6) is 5.75 Å². The van der Waals surface area contributed by atoms with Gasteiger partial charge >= 0.3 is 0 Å². The molecule has 0 saturated heterocycles. The van der Waals surface area contributed by atoms with E-state index in [2.05, 4.69) is 45.6 Å². The van der Waals surface area contributed by atoms with Crippen molar-refractivity contribution in [3.05, 3.63) is 63.9 Å². The predicted molar refractivity (Wildman–Crippen MR) is 80.3 cm³/mol. The van der Waals surface area contributed by atoms with E-state index in [9.17, 15) is 0 Å². The molecule has 3 aromatic rings. The molecule has 1 aromatic heterocycles. The summed E-state index contributed by atoms with van der Waals surface area (Å²) >= 11 is 5.29. The molecule has 0 radical (unpaired) electrons. The van der Waals surface area contributed by atoms with Crippen molar-refractivity contribution in [3.63, 3.8) is 0 Å². The second kappa shape index (κ2) is 5.12. The number of halogens is 1. The van der Waals surface area contributed by atoms with E-state index in [1.807, 2.05) is 24.3 Å². The van der Waals surface area contributed by atoms with Crippen molar-refractivity contribution in [1.29, 1.82) is 0 Å². The van der Waals surface area contributed by atoms with Crippen LogP contribution in [0.15, 0.2) is 58.4 Å². The Morgan fingerprint density at radius 2 is 1.89 bits per heavy atom. The number of hydrogen-bond donors (Lipinski definition) is 0. The highest BCUT2D eigenvalue weighted by atomic mass is 79.9. The number of fused-ring (bicyclic) bond motifs is 1. The molecule has 0 unspecified atom stereocenters. The van der Waals surface area contributed by atoms with Crippen LogP contribution in [0, 0.1) is 0 Å². The smallest absolute Gasteiger partial charge is 0.120 e. The maximum Gasteiger partial charge on any atom is 0.120 e. The van der Waals surface area contributed by atoms with Crippen LogP contribution in [-0.4, -0.2) is 0 Å². The summed E-state index contributed by atoms with van der Waals surface area (Å²) in [7, 11) is 0. The number of rotatable bonds is 3. The first-order valence-corrected chi connectivity index (χ1v) is 7.34. The van der Waals surface area contributed by atoms with Crippen LogP contribution in [0.2, 0.25) is 0 Å². The van der Waals surface area contributed by atoms with Gasteiger partial charge in [-0.2, -0.15) is 0 Å². The lowest BCUT2D eigenvalue weighted by molar-refractivity contribution is 0.306. The van der Waals surface area contributed by atoms with Gasteiger partial charge in [0.05, 0.1) is 0 Å². The van der Waals surface area contributed by atoms with Gasteiger partial charge < -0.3 is 4.74 Å². The van der Waals surface area contributed by atoms with Gasteiger partial charge in [-0.3, -0.25) is 0 Å². The Hall–Kier alpha value is -1.32. The van der Waals surface area contributed by atoms with Gasteiger partial charge in [-0.25, -0.2) is 0 Å². The highest BCUT2D eigenvalue weighted by Gasteiger charge is 2.03. The summed E-state index contributed by atoms with van der Waals surface area (Å²) in [6.45, 7) is 0.605. The molecule has 0 N–H and O–H groups in total. The van der Waals surface area contributed by atoms with E-state index >= 15 is 0 Å². The highest BCUT2D eigenvalue weighted by molar-refractivity contribution is 9.10. The third-order valence-corrected chi connectivity index (χ3v) is 4.67. The van der Waals surface area contributed by atoms with E-state index in [0.717, 1.165) is 10.2 Å². The van der Waals surface area contributed by atoms with Crippen LogP contribution in [0.25, 0.3) is 10.1 Å². The van der Waals surface area contributed by atoms with Gasteiger partial charge in [0, 0.05) is 19.9 Å². The van der Waals surface area contributed by atoms with Crippen molar-refractivity contribution in [2.45, 2.75) is 6.61 Å². The minimum Gasteiger partial charge on any atom is -0.489 e. The lowest BCUT2D eigenvalue weighted by Crippen LogP contribution is -1.94. The zero-order valence-corrected chi connectivity index (χ0v) is 12.0. The van der Waals surface area contributed by atoms with Crippen LogP contribution in [0.3, 0.4) is 0 Å². The Morgan fingerprint density at radius 1 is 1.06 bits per heavy atom. The monoisotopic (exact) mass is 318 g/mol. The van der Waals surface area contributed by atoms with E-state index in [0.29, 0.717) is 6.61 Å². The molecule has 0 saturated carbocycles. The van der Waals surface area contributed by atoms with E-state index in [1.165, 1.54) is 15.6 Å². The van der Waals surface area contributed by atoms with E-state index in [1.54, 1.807) is 11.3 Å². The normalized spacial score (nSPS) is 10.7. The quantitative estimate of drug-likeness (QED) is 0.641. The standard InChI is InChI=1S/C15H11BrOS/c16-14-10-18-15-7-6-12(8-13(14)15)17-9-11-4-2-1-3-5-11/h1-8,10H,9H2. The van der Waals surface area contributed by atoms with Crippen molar-refractivity contribution in [2.24, 2.45) is 0 Å². The fourth-order valence-corrected chi connectivity index (χ4v) is 3.35. The molecule has 18 heavy (non-hydrogen) atoms. The van der Waals surface area contributed by atoms with Crippen molar-refractivity contribution >= 4 is 37.4 Å². The number of ether oxygens (including phenoxy) is 1. The van der Waals surface area contributed by atoms with E-state index < -0.39 is 0 Å². The van der Waals surface area contributed by atoms with Gasteiger partial charge in [-0.1, -0.05) is 30.3 Å². The van der Waals surface area contributed by atoms with Crippen LogP contribution < -0.4 is 4.74 Å². The maximum atomic E-state index is 5.81. The molecule has 0 aliphatic carbocycles. The maximum absolute atomic E-state index is 5.81. The summed E-state index contributed by atoms with van der Waals surface area (Å²) in [6, 6.07) is 16.4. The molecule has 0 amide bonds. The highest BCUT2D eigenvalue weighted by Crippen LogP contribution is 2.33. The first-order valence-electron chi connectivity index (χ1n) is 5.66. The second-order valence-corrected chi connectivity index (χ2v) is 5.78. The first-order chi connectivity index (χ1) is 8.83. The van der Waals surface area contributed by atoms with Crippen molar-refractivity contribution in [3.8, 4) is 5.75 Å². The summed E-state index contributed by atoms with van der Waals surface area (Å²) in [5.41, 5.74) is 1.18. The Labute approximate surface area is 118 Å². The Bertz CT molecular complexity index is 661. The van der Waals surface area contributed by atoms with Gasteiger partial charge in [-0.15, -0.1) is 11.3 Å². The molecule has 2 aromatic carbocycles. The molecule has 0 bridgehead atoms. The molecular formula is C15H11BrOS. The molecule has 1 nitrogen and oxygen atoms in total. The van der Waals surface area contributed by atoms with Gasteiger partial charge in [0.1, 0.15) is 12.4 Å². The molecule has 0 aliphatic rings. The average Bonchev–Trinajstić information content (AvgIpc) is 2.79. The van der Waals surface area contributed by atoms with Crippen molar-refractivity contribution in [1.82, 2.24) is 0 Å². The fourth-order valence-electron chi connectivity index (χ4n) is 1.81. The largest absolute Gasteiger partial charge is 0.489 e. The minimum atomic E-state index is 0.605. The zero-order valence-electron chi connectivity index (χ0n) is 9.60. The molecule has 0 spiro atoms. The summed E-state index contributed by atoms with van der Waals surface area (Å²) in [6.07, 6.45) is 0. The SMILES string of the molecule is Brc1csc2ccc(OCc3ccccc3)cc12. The third kappa shape index (κ3) is 2.42. The van der Waals surface area contributed by atoms with Gasteiger partial charge in [0.2, 0.25) is 0 Å². The zero-order chi connectivity index (χ0) is 12.4. The predicted octanol–water partition coefficient (Wildman–Crippen LogP) is 5.24. The number of benzene rings is 2. The number of hydrogen-bond acceptors (Lipinski definition) is 2. The topological polar surface area (TPSA) is 9.23 Å². The Balaban J connectivity index is 1.80. The summed E-state index contributed by atoms with van der Waals surface area (Å²) in [5.74, 6) is 0.908. The second-order valence-electron chi connectivity index (χ2n) is 4.02. The van der Waals surface area contributed by atoms with Crippen molar-refractivity contribution < 1.29 is 4.74 Å². The molecule has 1 heterocycles. The van der Waals surface area contributed by atoms with Gasteiger partial charge in [-0.05, 0) is 39.7 Å². The minimum absolute atomic E-state index is 0.605. The summed E-state index contributed by atoms with van der Waals surface area (Å²) in [5, 5.41) is 3.32. The first kappa shape index (κ1) is 11.8. The molecule has 3 heteroatoms. The summed E-state index contributed by atoms with van der Waals surface area (Å²) in [4.78, 5) is 0. The summed E-state index contributed by atoms with van der Waals surface area (Å²) < 4.78 is 8.21. The fraction of sp³-hybridized carbons (Fsp3) is 0.0667. The molecular weight excluding hydrogens is 308 g/mol. The van der Waals surface area contributed by atoms with Crippen LogP contribution >= 0.6 is 27.3 Å². The average molecular weight is 319 g/mol. The molecule has 0 aliphatic heterocycles. The molecule has 90 valence electrons. The molecule has 0 fully saturated rings. The third-order valence-electron chi connectivity index (χ3n) is 2.75. The van der Waals surface area contributed by atoms with E-state index in [4.69, 9.17) is 4.74 Å². The Kier molecular flexibility index (Phi) is 3.35. The lowest BCUT2D eigenvalue weighted by atomic mass is 10.2. The number of thiophene rings is 1. The van der Waals surface area contributed by atoms with Crippen LogP contribution in [0.4, 0.5) is 0 Å². The van der Waals surface area contributed by atoms with Gasteiger partial charge in [0.15, 0.2) is 0 Å². The molecule has 3 rings (SSSR count).